The molecule has 0 atom stereocenters. The number of H-pyrrole nitrogens is 1. The summed E-state index contributed by atoms with van der Waals surface area (Å²) in [6.07, 6.45) is 3.27. The zero-order valence-corrected chi connectivity index (χ0v) is 12.7. The number of ether oxygens (including phenoxy) is 1. The molecule has 0 spiro atoms. The quantitative estimate of drug-likeness (QED) is 0.604. The van der Waals surface area contributed by atoms with Crippen molar-refractivity contribution in [1.29, 1.82) is 0 Å². The topological polar surface area (TPSA) is 63.7 Å². The van der Waals surface area contributed by atoms with E-state index >= 15 is 0 Å². The van der Waals surface area contributed by atoms with Gasteiger partial charge in [0.05, 0.1) is 11.0 Å². The molecule has 2 heterocycles. The minimum Gasteiger partial charge on any atom is -0.424 e. The number of halogens is 1. The lowest BCUT2D eigenvalue weighted by atomic mass is 10.2. The first-order chi connectivity index (χ1) is 11.3. The van der Waals surface area contributed by atoms with E-state index in [0.29, 0.717) is 16.8 Å². The molecule has 0 aliphatic rings. The molecule has 4 aromatic rings. The van der Waals surface area contributed by atoms with Gasteiger partial charge in [-0.3, -0.25) is 0 Å². The second-order valence-electron chi connectivity index (χ2n) is 4.90. The van der Waals surface area contributed by atoms with Crippen LogP contribution in [0, 0.1) is 0 Å². The van der Waals surface area contributed by atoms with Crippen molar-refractivity contribution in [3.05, 3.63) is 65.9 Å². The molecule has 0 amide bonds. The van der Waals surface area contributed by atoms with Gasteiger partial charge in [0.25, 0.3) is 0 Å². The highest BCUT2D eigenvalue weighted by molar-refractivity contribution is 6.31. The van der Waals surface area contributed by atoms with E-state index in [1.54, 1.807) is 18.5 Å². The van der Waals surface area contributed by atoms with Crippen LogP contribution in [0.4, 0.5) is 0 Å². The van der Waals surface area contributed by atoms with Crippen LogP contribution in [0.5, 0.6) is 11.8 Å². The number of fused-ring (bicyclic) bond motifs is 1. The SMILES string of the molecule is Clc1ccc2nc(-c3ccc(Oc4ncccn4)cc3)[nH]c2c1. The maximum Gasteiger partial charge on any atom is 0.321 e. The maximum absolute atomic E-state index is 6.00. The first-order valence-electron chi connectivity index (χ1n) is 6.98. The van der Waals surface area contributed by atoms with E-state index in [0.717, 1.165) is 22.4 Å². The average Bonchev–Trinajstić information content (AvgIpc) is 2.99. The Labute approximate surface area is 137 Å². The second kappa shape index (κ2) is 5.70. The molecule has 6 heteroatoms. The molecule has 5 nitrogen and oxygen atoms in total. The van der Waals surface area contributed by atoms with Gasteiger partial charge in [-0.2, -0.15) is 0 Å². The van der Waals surface area contributed by atoms with Gasteiger partial charge in [-0.1, -0.05) is 11.6 Å². The molecule has 0 unspecified atom stereocenters. The molecule has 0 bridgehead atoms. The van der Waals surface area contributed by atoms with E-state index < -0.39 is 0 Å². The molecular formula is C17H11ClN4O. The minimum absolute atomic E-state index is 0.318. The average molecular weight is 323 g/mol. The maximum atomic E-state index is 6.00. The summed E-state index contributed by atoms with van der Waals surface area (Å²) in [4.78, 5) is 15.9. The van der Waals surface area contributed by atoms with Crippen molar-refractivity contribution in [2.24, 2.45) is 0 Å². The molecule has 0 saturated carbocycles. The van der Waals surface area contributed by atoms with Crippen LogP contribution >= 0.6 is 11.6 Å². The van der Waals surface area contributed by atoms with Crippen LogP contribution in [0.1, 0.15) is 0 Å². The summed E-state index contributed by atoms with van der Waals surface area (Å²) >= 11 is 6.00. The van der Waals surface area contributed by atoms with Crippen molar-refractivity contribution in [1.82, 2.24) is 19.9 Å². The molecule has 0 aliphatic heterocycles. The Morgan fingerprint density at radius 1 is 0.957 bits per heavy atom. The summed E-state index contributed by atoms with van der Waals surface area (Å²) in [5.74, 6) is 1.45. The summed E-state index contributed by atoms with van der Waals surface area (Å²) in [5, 5.41) is 0.680. The first kappa shape index (κ1) is 13.7. The zero-order chi connectivity index (χ0) is 15.6. The van der Waals surface area contributed by atoms with E-state index in [4.69, 9.17) is 16.3 Å². The molecule has 112 valence electrons. The van der Waals surface area contributed by atoms with Crippen molar-refractivity contribution in [2.45, 2.75) is 0 Å². The van der Waals surface area contributed by atoms with Crippen LogP contribution in [-0.4, -0.2) is 19.9 Å². The van der Waals surface area contributed by atoms with Crippen molar-refractivity contribution in [3.8, 4) is 23.1 Å². The van der Waals surface area contributed by atoms with Gasteiger partial charge in [0, 0.05) is 23.0 Å². The van der Waals surface area contributed by atoms with E-state index in [-0.39, 0.29) is 0 Å². The fourth-order valence-electron chi connectivity index (χ4n) is 2.24. The molecule has 2 aromatic heterocycles. The van der Waals surface area contributed by atoms with Gasteiger partial charge in [-0.15, -0.1) is 0 Å². The number of rotatable bonds is 3. The Balaban J connectivity index is 1.61. The number of nitrogens with zero attached hydrogens (tertiary/aromatic N) is 3. The van der Waals surface area contributed by atoms with Crippen molar-refractivity contribution < 1.29 is 4.74 Å². The van der Waals surface area contributed by atoms with E-state index in [9.17, 15) is 0 Å². The Morgan fingerprint density at radius 2 is 1.74 bits per heavy atom. The summed E-state index contributed by atoms with van der Waals surface area (Å²) in [6, 6.07) is 15.2. The van der Waals surface area contributed by atoms with Crippen LogP contribution in [0.2, 0.25) is 5.02 Å². The number of benzene rings is 2. The number of aromatic amines is 1. The number of hydrogen-bond acceptors (Lipinski definition) is 4. The molecule has 0 aliphatic carbocycles. The van der Waals surface area contributed by atoms with Gasteiger partial charge in [0.1, 0.15) is 11.6 Å². The summed E-state index contributed by atoms with van der Waals surface area (Å²) in [6.45, 7) is 0. The third-order valence-corrected chi connectivity index (χ3v) is 3.56. The lowest BCUT2D eigenvalue weighted by Crippen LogP contribution is -1.90. The minimum atomic E-state index is 0.318. The second-order valence-corrected chi connectivity index (χ2v) is 5.34. The smallest absolute Gasteiger partial charge is 0.321 e. The molecule has 23 heavy (non-hydrogen) atoms. The van der Waals surface area contributed by atoms with Crippen LogP contribution in [-0.2, 0) is 0 Å². The predicted molar refractivity (Wildman–Crippen MR) is 88.6 cm³/mol. The zero-order valence-electron chi connectivity index (χ0n) is 11.9. The van der Waals surface area contributed by atoms with Gasteiger partial charge in [0.15, 0.2) is 0 Å². The van der Waals surface area contributed by atoms with Crippen molar-refractivity contribution in [3.63, 3.8) is 0 Å². The van der Waals surface area contributed by atoms with Gasteiger partial charge in [-0.05, 0) is 48.5 Å². The third kappa shape index (κ3) is 2.86. The molecule has 4 rings (SSSR count). The monoisotopic (exact) mass is 322 g/mol. The number of imidazole rings is 1. The van der Waals surface area contributed by atoms with Crippen molar-refractivity contribution in [2.75, 3.05) is 0 Å². The fraction of sp³-hybridized carbons (Fsp3) is 0. The highest BCUT2D eigenvalue weighted by atomic mass is 35.5. The van der Waals surface area contributed by atoms with E-state index in [1.807, 2.05) is 42.5 Å². The van der Waals surface area contributed by atoms with Gasteiger partial charge >= 0.3 is 6.01 Å². The van der Waals surface area contributed by atoms with Crippen LogP contribution in [0.25, 0.3) is 22.4 Å². The van der Waals surface area contributed by atoms with Gasteiger partial charge in [-0.25, -0.2) is 15.0 Å². The van der Waals surface area contributed by atoms with Gasteiger partial charge in [0.2, 0.25) is 0 Å². The Kier molecular flexibility index (Phi) is 3.40. The highest BCUT2D eigenvalue weighted by Crippen LogP contribution is 2.25. The standard InChI is InChI=1S/C17H11ClN4O/c18-12-4-7-14-15(10-12)22-16(21-14)11-2-5-13(6-3-11)23-17-19-8-1-9-20-17/h1-10H,(H,21,22). The summed E-state index contributed by atoms with van der Waals surface area (Å²) < 4.78 is 5.57. The molecular weight excluding hydrogens is 312 g/mol. The molecule has 1 N–H and O–H groups in total. The third-order valence-electron chi connectivity index (χ3n) is 3.32. The molecule has 0 fully saturated rings. The number of aromatic nitrogens is 4. The normalized spacial score (nSPS) is 10.8. The Bertz CT molecular complexity index is 951. The largest absolute Gasteiger partial charge is 0.424 e. The summed E-state index contributed by atoms with van der Waals surface area (Å²) in [7, 11) is 0. The number of nitrogens with one attached hydrogen (secondary N) is 1. The first-order valence-corrected chi connectivity index (χ1v) is 7.36. The van der Waals surface area contributed by atoms with Gasteiger partial charge < -0.3 is 9.72 Å². The van der Waals surface area contributed by atoms with Crippen LogP contribution < -0.4 is 4.74 Å². The Hall–Kier alpha value is -2.92. The number of hydrogen-bond donors (Lipinski definition) is 1. The Morgan fingerprint density at radius 3 is 2.52 bits per heavy atom. The van der Waals surface area contributed by atoms with Crippen LogP contribution in [0.3, 0.4) is 0 Å². The molecule has 0 saturated heterocycles. The highest BCUT2D eigenvalue weighted by Gasteiger charge is 2.06. The van der Waals surface area contributed by atoms with E-state index in [1.165, 1.54) is 0 Å². The lowest BCUT2D eigenvalue weighted by Gasteiger charge is -2.03. The molecule has 0 radical (unpaired) electrons. The van der Waals surface area contributed by atoms with Crippen molar-refractivity contribution >= 4 is 22.6 Å². The van der Waals surface area contributed by atoms with E-state index in [2.05, 4.69) is 19.9 Å². The lowest BCUT2D eigenvalue weighted by molar-refractivity contribution is 0.442. The summed E-state index contributed by atoms with van der Waals surface area (Å²) in [5.41, 5.74) is 2.74. The fourth-order valence-corrected chi connectivity index (χ4v) is 2.42. The molecule has 2 aromatic carbocycles. The van der Waals surface area contributed by atoms with Crippen LogP contribution in [0.15, 0.2) is 60.9 Å². The predicted octanol–water partition coefficient (Wildman–Crippen LogP) is 4.47.